The SMILES string of the molecule is Cc1nn(CCCC(C)C)c(C)c1Br. The minimum atomic E-state index is 0.787. The second-order valence-corrected chi connectivity index (χ2v) is 5.04. The molecule has 0 fully saturated rings. The molecule has 0 N–H and O–H groups in total. The lowest BCUT2D eigenvalue weighted by molar-refractivity contribution is 0.483. The van der Waals surface area contributed by atoms with Crippen molar-refractivity contribution in [3.8, 4) is 0 Å². The Hall–Kier alpha value is -0.310. The van der Waals surface area contributed by atoms with Crippen LogP contribution in [0.1, 0.15) is 38.1 Å². The number of halogens is 1. The Kier molecular flexibility index (Phi) is 4.17. The smallest absolute Gasteiger partial charge is 0.0738 e. The molecule has 80 valence electrons. The molecule has 1 rings (SSSR count). The first-order chi connectivity index (χ1) is 6.52. The van der Waals surface area contributed by atoms with Crippen LogP contribution in [0.5, 0.6) is 0 Å². The zero-order valence-electron chi connectivity index (χ0n) is 9.47. The van der Waals surface area contributed by atoms with Gasteiger partial charge < -0.3 is 0 Å². The third kappa shape index (κ3) is 2.84. The van der Waals surface area contributed by atoms with E-state index < -0.39 is 0 Å². The minimum absolute atomic E-state index is 0.787. The Morgan fingerprint density at radius 1 is 1.36 bits per heavy atom. The Balaban J connectivity index is 2.55. The van der Waals surface area contributed by atoms with Crippen LogP contribution < -0.4 is 0 Å². The molecule has 1 heterocycles. The van der Waals surface area contributed by atoms with Gasteiger partial charge in [0.25, 0.3) is 0 Å². The maximum Gasteiger partial charge on any atom is 0.0738 e. The number of aryl methyl sites for hydroxylation is 2. The summed E-state index contributed by atoms with van der Waals surface area (Å²) in [5.74, 6) is 0.787. The molecule has 0 aliphatic carbocycles. The molecule has 0 aliphatic heterocycles. The van der Waals surface area contributed by atoms with E-state index in [0.717, 1.165) is 22.6 Å². The zero-order valence-corrected chi connectivity index (χ0v) is 11.1. The molecule has 0 spiro atoms. The standard InChI is InChI=1S/C11H19BrN2/c1-8(2)6-5-7-14-10(4)11(12)9(3)13-14/h8H,5-7H2,1-4H3. The molecule has 0 bridgehead atoms. The average Bonchev–Trinajstić information content (AvgIpc) is 2.33. The van der Waals surface area contributed by atoms with E-state index in [0.29, 0.717) is 0 Å². The van der Waals surface area contributed by atoms with Gasteiger partial charge in [0.2, 0.25) is 0 Å². The molecule has 0 saturated heterocycles. The molecule has 2 nitrogen and oxygen atoms in total. The molecular weight excluding hydrogens is 240 g/mol. The van der Waals surface area contributed by atoms with Crippen molar-refractivity contribution in [1.82, 2.24) is 9.78 Å². The summed E-state index contributed by atoms with van der Waals surface area (Å²) in [6.45, 7) is 9.71. The lowest BCUT2D eigenvalue weighted by atomic mass is 10.1. The van der Waals surface area contributed by atoms with E-state index in [4.69, 9.17) is 0 Å². The predicted molar refractivity (Wildman–Crippen MR) is 63.5 cm³/mol. The number of rotatable bonds is 4. The quantitative estimate of drug-likeness (QED) is 0.806. The largest absolute Gasteiger partial charge is 0.268 e. The third-order valence-electron chi connectivity index (χ3n) is 2.44. The van der Waals surface area contributed by atoms with Crippen LogP contribution in [0.3, 0.4) is 0 Å². The van der Waals surface area contributed by atoms with Gasteiger partial charge in [0, 0.05) is 12.2 Å². The Morgan fingerprint density at radius 2 is 2.00 bits per heavy atom. The fraction of sp³-hybridized carbons (Fsp3) is 0.727. The molecule has 0 radical (unpaired) electrons. The van der Waals surface area contributed by atoms with Gasteiger partial charge in [-0.15, -0.1) is 0 Å². The Bertz CT molecular complexity index is 302. The topological polar surface area (TPSA) is 17.8 Å². The van der Waals surface area contributed by atoms with E-state index >= 15 is 0 Å². The highest BCUT2D eigenvalue weighted by atomic mass is 79.9. The molecule has 0 aromatic carbocycles. The second kappa shape index (κ2) is 4.96. The summed E-state index contributed by atoms with van der Waals surface area (Å²) < 4.78 is 3.25. The van der Waals surface area contributed by atoms with Gasteiger partial charge in [-0.1, -0.05) is 13.8 Å². The summed E-state index contributed by atoms with van der Waals surface area (Å²) in [6.07, 6.45) is 2.49. The van der Waals surface area contributed by atoms with E-state index in [1.54, 1.807) is 0 Å². The molecule has 0 atom stereocenters. The highest BCUT2D eigenvalue weighted by Crippen LogP contribution is 2.20. The lowest BCUT2D eigenvalue weighted by Gasteiger charge is -2.06. The predicted octanol–water partition coefficient (Wildman–Crippen LogP) is 3.70. The molecule has 3 heteroatoms. The summed E-state index contributed by atoms with van der Waals surface area (Å²) in [6, 6.07) is 0. The van der Waals surface area contributed by atoms with Crippen molar-refractivity contribution < 1.29 is 0 Å². The maximum atomic E-state index is 4.48. The fourth-order valence-corrected chi connectivity index (χ4v) is 1.83. The van der Waals surface area contributed by atoms with Gasteiger partial charge in [0.15, 0.2) is 0 Å². The van der Waals surface area contributed by atoms with E-state index in [2.05, 4.69) is 46.5 Å². The highest BCUT2D eigenvalue weighted by Gasteiger charge is 2.07. The molecular formula is C11H19BrN2. The van der Waals surface area contributed by atoms with Gasteiger partial charge in [0.1, 0.15) is 0 Å². The molecule has 0 amide bonds. The van der Waals surface area contributed by atoms with Gasteiger partial charge >= 0.3 is 0 Å². The van der Waals surface area contributed by atoms with Crippen LogP contribution in [0.4, 0.5) is 0 Å². The molecule has 1 aromatic heterocycles. The molecule has 0 unspecified atom stereocenters. The summed E-state index contributed by atoms with van der Waals surface area (Å²) in [5, 5.41) is 4.48. The monoisotopic (exact) mass is 258 g/mol. The van der Waals surface area contributed by atoms with Crippen molar-refractivity contribution in [2.45, 2.75) is 47.1 Å². The molecule has 1 aromatic rings. The van der Waals surface area contributed by atoms with Crippen molar-refractivity contribution in [1.29, 1.82) is 0 Å². The fourth-order valence-electron chi connectivity index (χ4n) is 1.54. The number of hydrogen-bond acceptors (Lipinski definition) is 1. The zero-order chi connectivity index (χ0) is 10.7. The molecule has 14 heavy (non-hydrogen) atoms. The van der Waals surface area contributed by atoms with Crippen LogP contribution in [-0.2, 0) is 6.54 Å². The Morgan fingerprint density at radius 3 is 2.43 bits per heavy atom. The van der Waals surface area contributed by atoms with E-state index in [1.807, 2.05) is 6.92 Å². The van der Waals surface area contributed by atoms with Crippen LogP contribution in [0.2, 0.25) is 0 Å². The van der Waals surface area contributed by atoms with Gasteiger partial charge in [-0.3, -0.25) is 4.68 Å². The Labute approximate surface area is 94.8 Å². The van der Waals surface area contributed by atoms with Crippen LogP contribution in [0.25, 0.3) is 0 Å². The summed E-state index contributed by atoms with van der Waals surface area (Å²) in [5.41, 5.74) is 2.33. The first-order valence-electron chi connectivity index (χ1n) is 5.22. The van der Waals surface area contributed by atoms with Crippen molar-refractivity contribution in [3.63, 3.8) is 0 Å². The van der Waals surface area contributed by atoms with Gasteiger partial charge in [-0.25, -0.2) is 0 Å². The number of nitrogens with zero attached hydrogens (tertiary/aromatic N) is 2. The lowest BCUT2D eigenvalue weighted by Crippen LogP contribution is -2.03. The molecule has 0 aliphatic rings. The third-order valence-corrected chi connectivity index (χ3v) is 3.59. The van der Waals surface area contributed by atoms with E-state index in [1.165, 1.54) is 18.5 Å². The van der Waals surface area contributed by atoms with Gasteiger partial charge in [-0.2, -0.15) is 5.10 Å². The summed E-state index contributed by atoms with van der Waals surface area (Å²) >= 11 is 3.54. The van der Waals surface area contributed by atoms with E-state index in [9.17, 15) is 0 Å². The van der Waals surface area contributed by atoms with Crippen molar-refractivity contribution in [3.05, 3.63) is 15.9 Å². The average molecular weight is 259 g/mol. The van der Waals surface area contributed by atoms with Crippen molar-refractivity contribution in [2.75, 3.05) is 0 Å². The van der Waals surface area contributed by atoms with Gasteiger partial charge in [0.05, 0.1) is 10.2 Å². The first-order valence-corrected chi connectivity index (χ1v) is 6.01. The van der Waals surface area contributed by atoms with Crippen LogP contribution >= 0.6 is 15.9 Å². The first kappa shape index (κ1) is 11.8. The van der Waals surface area contributed by atoms with Crippen molar-refractivity contribution in [2.24, 2.45) is 5.92 Å². The van der Waals surface area contributed by atoms with E-state index in [-0.39, 0.29) is 0 Å². The van der Waals surface area contributed by atoms with Crippen LogP contribution in [-0.4, -0.2) is 9.78 Å². The second-order valence-electron chi connectivity index (χ2n) is 4.24. The highest BCUT2D eigenvalue weighted by molar-refractivity contribution is 9.10. The normalized spacial score (nSPS) is 11.3. The van der Waals surface area contributed by atoms with Gasteiger partial charge in [-0.05, 0) is 48.5 Å². The molecule has 0 saturated carbocycles. The number of hydrogen-bond donors (Lipinski definition) is 0. The van der Waals surface area contributed by atoms with Crippen molar-refractivity contribution >= 4 is 15.9 Å². The minimum Gasteiger partial charge on any atom is -0.268 e. The summed E-state index contributed by atoms with van der Waals surface area (Å²) in [7, 11) is 0. The number of aromatic nitrogens is 2. The maximum absolute atomic E-state index is 4.48. The van der Waals surface area contributed by atoms with Crippen LogP contribution in [0, 0.1) is 19.8 Å². The summed E-state index contributed by atoms with van der Waals surface area (Å²) in [4.78, 5) is 0. The van der Waals surface area contributed by atoms with Crippen LogP contribution in [0.15, 0.2) is 4.47 Å².